The van der Waals surface area contributed by atoms with E-state index in [1.165, 1.54) is 27.9 Å². The van der Waals surface area contributed by atoms with E-state index in [-0.39, 0.29) is 11.4 Å². The standard InChI is InChI=1S/C27H25N5OS/c1-15-8-6-10-20(12-15)26-30-32-24(28)22(25(33)29-27(32)34-26)14-21-13-17(3)31(19(21)5)23-11-7-9-16(2)18(23)4/h6-14,28H,1-5H3/b22-14+,28-24?. The van der Waals surface area contributed by atoms with E-state index in [1.807, 2.05) is 44.2 Å². The number of amides is 1. The van der Waals surface area contributed by atoms with Crippen LogP contribution in [-0.2, 0) is 4.79 Å². The van der Waals surface area contributed by atoms with Crippen LogP contribution in [0.2, 0.25) is 0 Å². The highest BCUT2D eigenvalue weighted by molar-refractivity contribution is 8.27. The molecule has 0 fully saturated rings. The molecule has 3 aromatic rings. The molecule has 0 saturated carbocycles. The molecule has 2 aliphatic rings. The van der Waals surface area contributed by atoms with Crippen LogP contribution in [0, 0.1) is 40.0 Å². The van der Waals surface area contributed by atoms with Crippen LogP contribution in [0.15, 0.2) is 64.2 Å². The van der Waals surface area contributed by atoms with Crippen molar-refractivity contribution in [3.8, 4) is 5.69 Å². The first-order valence-electron chi connectivity index (χ1n) is 11.1. The van der Waals surface area contributed by atoms with Crippen molar-refractivity contribution < 1.29 is 4.79 Å². The lowest BCUT2D eigenvalue weighted by Gasteiger charge is -2.20. The molecular weight excluding hydrogens is 442 g/mol. The molecule has 0 spiro atoms. The maximum absolute atomic E-state index is 12.9. The number of fused-ring (bicyclic) bond motifs is 1. The van der Waals surface area contributed by atoms with Crippen molar-refractivity contribution in [2.75, 3.05) is 0 Å². The van der Waals surface area contributed by atoms with Crippen LogP contribution in [-0.4, -0.2) is 31.5 Å². The zero-order chi connectivity index (χ0) is 24.1. The summed E-state index contributed by atoms with van der Waals surface area (Å²) in [6.45, 7) is 10.3. The molecular formula is C27H25N5OS. The number of hydrazone groups is 1. The van der Waals surface area contributed by atoms with Gasteiger partial charge in [-0.25, -0.2) is 0 Å². The summed E-state index contributed by atoms with van der Waals surface area (Å²) in [6, 6.07) is 16.3. The van der Waals surface area contributed by atoms with Crippen molar-refractivity contribution in [1.29, 1.82) is 5.41 Å². The van der Waals surface area contributed by atoms with Crippen molar-refractivity contribution in [1.82, 2.24) is 9.58 Å². The summed E-state index contributed by atoms with van der Waals surface area (Å²) >= 11 is 1.32. The number of benzene rings is 2. The minimum absolute atomic E-state index is 0.0432. The van der Waals surface area contributed by atoms with E-state index in [2.05, 4.69) is 53.6 Å². The fourth-order valence-corrected chi connectivity index (χ4v) is 5.21. The maximum Gasteiger partial charge on any atom is 0.283 e. The van der Waals surface area contributed by atoms with E-state index in [0.717, 1.165) is 38.8 Å². The van der Waals surface area contributed by atoms with E-state index >= 15 is 0 Å². The molecule has 7 heteroatoms. The van der Waals surface area contributed by atoms with Gasteiger partial charge in [0.25, 0.3) is 5.91 Å². The number of hydrogen-bond acceptors (Lipinski definition) is 4. The molecule has 3 heterocycles. The highest BCUT2D eigenvalue weighted by Gasteiger charge is 2.36. The summed E-state index contributed by atoms with van der Waals surface area (Å²) in [5, 5.41) is 15.9. The molecule has 1 aromatic heterocycles. The Morgan fingerprint density at radius 1 is 1.00 bits per heavy atom. The lowest BCUT2D eigenvalue weighted by molar-refractivity contribution is -0.114. The van der Waals surface area contributed by atoms with Gasteiger partial charge in [0.15, 0.2) is 5.84 Å². The second-order valence-corrected chi connectivity index (χ2v) is 9.63. The zero-order valence-corrected chi connectivity index (χ0v) is 20.6. The van der Waals surface area contributed by atoms with Gasteiger partial charge in [0.05, 0.1) is 5.57 Å². The number of aryl methyl sites for hydroxylation is 3. The highest BCUT2D eigenvalue weighted by Crippen LogP contribution is 2.32. The molecule has 34 heavy (non-hydrogen) atoms. The molecule has 5 rings (SSSR count). The van der Waals surface area contributed by atoms with Gasteiger partial charge in [0.1, 0.15) is 5.04 Å². The SMILES string of the molecule is Cc1cccc(C2=NN3C(=N)/C(=C\c4cc(C)n(-c5cccc(C)c5C)c4C)C(=O)N=C3S2)c1. The molecule has 0 unspecified atom stereocenters. The Bertz CT molecular complexity index is 1470. The molecule has 6 nitrogen and oxygen atoms in total. The fourth-order valence-electron chi connectivity index (χ4n) is 4.32. The van der Waals surface area contributed by atoms with Crippen molar-refractivity contribution in [3.63, 3.8) is 0 Å². The number of amidine groups is 2. The summed E-state index contributed by atoms with van der Waals surface area (Å²) in [6.07, 6.45) is 1.76. The number of carbonyl (C=O) groups is 1. The third-order valence-corrected chi connectivity index (χ3v) is 7.26. The number of rotatable bonds is 3. The average molecular weight is 468 g/mol. The normalized spacial score (nSPS) is 16.7. The smallest absolute Gasteiger partial charge is 0.283 e. The molecule has 170 valence electrons. The third-order valence-electron chi connectivity index (χ3n) is 6.31. The Morgan fingerprint density at radius 3 is 2.53 bits per heavy atom. The van der Waals surface area contributed by atoms with Crippen LogP contribution < -0.4 is 0 Å². The Kier molecular flexibility index (Phi) is 5.37. The Morgan fingerprint density at radius 2 is 1.76 bits per heavy atom. The van der Waals surface area contributed by atoms with Crippen molar-refractivity contribution in [2.24, 2.45) is 10.1 Å². The Hall–Kier alpha value is -3.71. The van der Waals surface area contributed by atoms with Gasteiger partial charge in [-0.1, -0.05) is 35.9 Å². The largest absolute Gasteiger partial charge is 0.318 e. The number of thioether (sulfide) groups is 1. The topological polar surface area (TPSA) is 73.8 Å². The second-order valence-electron chi connectivity index (χ2n) is 8.68. The van der Waals surface area contributed by atoms with Crippen LogP contribution in [0.5, 0.6) is 0 Å². The summed E-state index contributed by atoms with van der Waals surface area (Å²) < 4.78 is 2.19. The van der Waals surface area contributed by atoms with Crippen molar-refractivity contribution >= 4 is 39.8 Å². The molecule has 1 amide bonds. The maximum atomic E-state index is 12.9. The average Bonchev–Trinajstić information content (AvgIpc) is 3.34. The van der Waals surface area contributed by atoms with E-state index in [0.29, 0.717) is 5.17 Å². The van der Waals surface area contributed by atoms with Gasteiger partial charge in [-0.05, 0) is 87.3 Å². The number of nitrogens with one attached hydrogen (secondary N) is 1. The quantitative estimate of drug-likeness (QED) is 0.503. The van der Waals surface area contributed by atoms with E-state index in [9.17, 15) is 4.79 Å². The van der Waals surface area contributed by atoms with Crippen LogP contribution in [0.3, 0.4) is 0 Å². The molecule has 2 aliphatic heterocycles. The summed E-state index contributed by atoms with van der Waals surface area (Å²) in [5.74, 6) is -0.373. The minimum atomic E-state index is -0.416. The van der Waals surface area contributed by atoms with Gasteiger partial charge in [-0.3, -0.25) is 10.2 Å². The molecule has 0 aliphatic carbocycles. The van der Waals surface area contributed by atoms with Crippen LogP contribution in [0.1, 0.15) is 39.2 Å². The Balaban J connectivity index is 1.53. The molecule has 2 aromatic carbocycles. The van der Waals surface area contributed by atoms with E-state index < -0.39 is 5.91 Å². The van der Waals surface area contributed by atoms with Gasteiger partial charge in [-0.2, -0.15) is 15.1 Å². The molecule has 0 bridgehead atoms. The number of carbonyl (C=O) groups excluding carboxylic acids is 1. The molecule has 0 saturated heterocycles. The third kappa shape index (κ3) is 3.62. The van der Waals surface area contributed by atoms with Crippen molar-refractivity contribution in [2.45, 2.75) is 34.6 Å². The molecule has 1 N–H and O–H groups in total. The number of hydrogen-bond donors (Lipinski definition) is 1. The van der Waals surface area contributed by atoms with E-state index in [1.54, 1.807) is 6.08 Å². The first-order valence-corrected chi connectivity index (χ1v) is 11.9. The Labute approximate surface area is 203 Å². The van der Waals surface area contributed by atoms with Gasteiger partial charge in [-0.15, -0.1) is 0 Å². The van der Waals surface area contributed by atoms with Crippen LogP contribution >= 0.6 is 11.8 Å². The summed E-state index contributed by atoms with van der Waals surface area (Å²) in [4.78, 5) is 17.2. The fraction of sp³-hybridized carbons (Fsp3) is 0.185. The number of nitrogens with zero attached hydrogens (tertiary/aromatic N) is 4. The van der Waals surface area contributed by atoms with Gasteiger partial charge in [0.2, 0.25) is 5.17 Å². The van der Waals surface area contributed by atoms with Crippen LogP contribution in [0.25, 0.3) is 11.8 Å². The number of aromatic nitrogens is 1. The zero-order valence-electron chi connectivity index (χ0n) is 19.8. The van der Waals surface area contributed by atoms with Crippen LogP contribution in [0.4, 0.5) is 0 Å². The summed E-state index contributed by atoms with van der Waals surface area (Å²) in [5.41, 5.74) is 8.83. The minimum Gasteiger partial charge on any atom is -0.318 e. The highest BCUT2D eigenvalue weighted by atomic mass is 32.2. The predicted octanol–water partition coefficient (Wildman–Crippen LogP) is 5.69. The van der Waals surface area contributed by atoms with Gasteiger partial charge in [0, 0.05) is 22.6 Å². The van der Waals surface area contributed by atoms with Gasteiger partial charge < -0.3 is 4.57 Å². The lowest BCUT2D eigenvalue weighted by Crippen LogP contribution is -2.35. The first-order chi connectivity index (χ1) is 16.2. The van der Waals surface area contributed by atoms with E-state index in [4.69, 9.17) is 5.41 Å². The second kappa shape index (κ2) is 8.25. The molecule has 0 radical (unpaired) electrons. The molecule has 0 atom stereocenters. The number of aliphatic imine (C=N–C) groups is 1. The van der Waals surface area contributed by atoms with Crippen molar-refractivity contribution in [3.05, 3.63) is 93.3 Å². The predicted molar refractivity (Wildman–Crippen MR) is 140 cm³/mol. The lowest BCUT2D eigenvalue weighted by atomic mass is 10.1. The monoisotopic (exact) mass is 467 g/mol. The summed E-state index contributed by atoms with van der Waals surface area (Å²) in [7, 11) is 0. The first kappa shape index (κ1) is 22.1. The van der Waals surface area contributed by atoms with Gasteiger partial charge >= 0.3 is 0 Å².